The Labute approximate surface area is 124 Å². The van der Waals surface area contributed by atoms with Gasteiger partial charge in [-0.25, -0.2) is 0 Å². The number of carbonyl (C=O) groups is 1. The van der Waals surface area contributed by atoms with Gasteiger partial charge in [0.15, 0.2) is 0 Å². The molecule has 0 spiro atoms. The zero-order valence-corrected chi connectivity index (χ0v) is 14.0. The largest absolute Gasteiger partial charge is 0.353 e. The van der Waals surface area contributed by atoms with Crippen molar-refractivity contribution in [2.45, 2.75) is 52.5 Å². The molecule has 0 aromatic heterocycles. The summed E-state index contributed by atoms with van der Waals surface area (Å²) in [6, 6.07) is 0.249. The van der Waals surface area contributed by atoms with Crippen LogP contribution in [0.25, 0.3) is 0 Å². The number of hydrogen-bond acceptors (Lipinski definition) is 3. The lowest BCUT2D eigenvalue weighted by molar-refractivity contribution is -0.122. The fourth-order valence-electron chi connectivity index (χ4n) is 2.67. The standard InChI is InChI=1S/C16H33N3O/c1-16(2,3)14(9-11-19(4)5)18-15(20)7-6-13-8-10-17-12-13/h13-14,17H,6-12H2,1-5H3,(H,18,20). The number of nitrogens with zero attached hydrogens (tertiary/aromatic N) is 1. The fraction of sp³-hybridized carbons (Fsp3) is 0.938. The average molecular weight is 283 g/mol. The second kappa shape index (κ2) is 7.99. The van der Waals surface area contributed by atoms with Crippen molar-refractivity contribution in [3.05, 3.63) is 0 Å². The van der Waals surface area contributed by atoms with E-state index in [4.69, 9.17) is 0 Å². The molecule has 1 aliphatic heterocycles. The van der Waals surface area contributed by atoms with Gasteiger partial charge in [0.25, 0.3) is 0 Å². The van der Waals surface area contributed by atoms with Crippen molar-refractivity contribution in [1.82, 2.24) is 15.5 Å². The first kappa shape index (κ1) is 17.4. The summed E-state index contributed by atoms with van der Waals surface area (Å²) in [4.78, 5) is 14.3. The number of hydrogen-bond donors (Lipinski definition) is 2. The molecule has 1 saturated heterocycles. The quantitative estimate of drug-likeness (QED) is 0.749. The predicted octanol–water partition coefficient (Wildman–Crippen LogP) is 1.86. The maximum atomic E-state index is 12.2. The molecule has 0 saturated carbocycles. The molecule has 2 atom stereocenters. The summed E-state index contributed by atoms with van der Waals surface area (Å²) < 4.78 is 0. The molecule has 0 aromatic rings. The summed E-state index contributed by atoms with van der Waals surface area (Å²) in [5.74, 6) is 0.909. The molecule has 2 unspecified atom stereocenters. The van der Waals surface area contributed by atoms with Crippen LogP contribution < -0.4 is 10.6 Å². The molecule has 0 aliphatic carbocycles. The van der Waals surface area contributed by atoms with Crippen molar-refractivity contribution < 1.29 is 4.79 Å². The van der Waals surface area contributed by atoms with Gasteiger partial charge in [0, 0.05) is 12.5 Å². The van der Waals surface area contributed by atoms with Crippen molar-refractivity contribution in [1.29, 1.82) is 0 Å². The number of rotatable bonds is 7. The van der Waals surface area contributed by atoms with Crippen molar-refractivity contribution in [3.63, 3.8) is 0 Å². The summed E-state index contributed by atoms with van der Waals surface area (Å²) >= 11 is 0. The smallest absolute Gasteiger partial charge is 0.220 e. The first-order valence-corrected chi connectivity index (χ1v) is 7.94. The van der Waals surface area contributed by atoms with E-state index in [2.05, 4.69) is 50.4 Å². The lowest BCUT2D eigenvalue weighted by Crippen LogP contribution is -2.45. The van der Waals surface area contributed by atoms with Crippen molar-refractivity contribution in [2.75, 3.05) is 33.7 Å². The highest BCUT2D eigenvalue weighted by Crippen LogP contribution is 2.22. The highest BCUT2D eigenvalue weighted by Gasteiger charge is 2.26. The van der Waals surface area contributed by atoms with Gasteiger partial charge in [0.05, 0.1) is 0 Å². The Kier molecular flexibility index (Phi) is 6.96. The molecule has 0 bridgehead atoms. The molecule has 118 valence electrons. The molecule has 20 heavy (non-hydrogen) atoms. The van der Waals surface area contributed by atoms with E-state index in [1.165, 1.54) is 6.42 Å². The summed E-state index contributed by atoms with van der Waals surface area (Å²) in [7, 11) is 4.16. The molecule has 1 heterocycles. The molecule has 1 fully saturated rings. The topological polar surface area (TPSA) is 44.4 Å². The lowest BCUT2D eigenvalue weighted by atomic mass is 9.84. The van der Waals surface area contributed by atoms with E-state index in [0.717, 1.165) is 32.5 Å². The van der Waals surface area contributed by atoms with Crippen LogP contribution in [0.15, 0.2) is 0 Å². The molecule has 0 radical (unpaired) electrons. The SMILES string of the molecule is CN(C)CCC(NC(=O)CCC1CCNC1)C(C)(C)C. The summed E-state index contributed by atoms with van der Waals surface area (Å²) in [5.41, 5.74) is 0.112. The molecule has 4 nitrogen and oxygen atoms in total. The third kappa shape index (κ3) is 6.71. The van der Waals surface area contributed by atoms with Gasteiger partial charge in [-0.1, -0.05) is 20.8 Å². The third-order valence-corrected chi connectivity index (χ3v) is 4.19. The van der Waals surface area contributed by atoms with Gasteiger partial charge in [-0.15, -0.1) is 0 Å². The summed E-state index contributed by atoms with van der Waals surface area (Å²) in [6.07, 6.45) is 3.91. The molecule has 1 amide bonds. The number of nitrogens with one attached hydrogen (secondary N) is 2. The molecule has 1 rings (SSSR count). The van der Waals surface area contributed by atoms with E-state index in [1.807, 2.05) is 0 Å². The van der Waals surface area contributed by atoms with Crippen LogP contribution in [0.4, 0.5) is 0 Å². The highest BCUT2D eigenvalue weighted by molar-refractivity contribution is 5.76. The van der Waals surface area contributed by atoms with Crippen molar-refractivity contribution in [2.24, 2.45) is 11.3 Å². The Morgan fingerprint density at radius 3 is 2.60 bits per heavy atom. The van der Waals surface area contributed by atoms with Gasteiger partial charge in [0.1, 0.15) is 0 Å². The second-order valence-electron chi connectivity index (χ2n) is 7.48. The average Bonchev–Trinajstić information content (AvgIpc) is 2.83. The maximum absolute atomic E-state index is 12.2. The summed E-state index contributed by atoms with van der Waals surface area (Å²) in [5, 5.41) is 6.61. The third-order valence-electron chi connectivity index (χ3n) is 4.19. The Bertz CT molecular complexity index is 291. The van der Waals surface area contributed by atoms with E-state index in [0.29, 0.717) is 12.3 Å². The fourth-order valence-corrected chi connectivity index (χ4v) is 2.67. The number of carbonyl (C=O) groups excluding carboxylic acids is 1. The van der Waals surface area contributed by atoms with Gasteiger partial charge in [-0.3, -0.25) is 4.79 Å². The normalized spacial score (nSPS) is 21.2. The van der Waals surface area contributed by atoms with Crippen LogP contribution in [0.1, 0.15) is 46.5 Å². The molecule has 0 aromatic carbocycles. The molecule has 1 aliphatic rings. The molecular formula is C16H33N3O. The first-order chi connectivity index (χ1) is 9.29. The van der Waals surface area contributed by atoms with Crippen molar-refractivity contribution >= 4 is 5.91 Å². The first-order valence-electron chi connectivity index (χ1n) is 7.94. The zero-order chi connectivity index (χ0) is 15.2. The van der Waals surface area contributed by atoms with Gasteiger partial charge < -0.3 is 15.5 Å². The monoisotopic (exact) mass is 283 g/mol. The van der Waals surface area contributed by atoms with E-state index >= 15 is 0 Å². The van der Waals surface area contributed by atoms with Crippen LogP contribution in [0.5, 0.6) is 0 Å². The highest BCUT2D eigenvalue weighted by atomic mass is 16.1. The Morgan fingerprint density at radius 1 is 1.40 bits per heavy atom. The predicted molar refractivity (Wildman–Crippen MR) is 84.8 cm³/mol. The maximum Gasteiger partial charge on any atom is 0.220 e. The minimum absolute atomic E-state index is 0.112. The minimum Gasteiger partial charge on any atom is -0.353 e. The van der Waals surface area contributed by atoms with Crippen LogP contribution in [0, 0.1) is 11.3 Å². The number of amides is 1. The van der Waals surface area contributed by atoms with Crippen molar-refractivity contribution in [3.8, 4) is 0 Å². The lowest BCUT2D eigenvalue weighted by Gasteiger charge is -2.32. The Hall–Kier alpha value is -0.610. The van der Waals surface area contributed by atoms with Crippen LogP contribution in [-0.4, -0.2) is 50.6 Å². The zero-order valence-electron chi connectivity index (χ0n) is 14.0. The summed E-state index contributed by atoms with van der Waals surface area (Å²) in [6.45, 7) is 9.81. The van der Waals surface area contributed by atoms with E-state index < -0.39 is 0 Å². The van der Waals surface area contributed by atoms with Crippen LogP contribution >= 0.6 is 0 Å². The van der Waals surface area contributed by atoms with Crippen LogP contribution in [0.2, 0.25) is 0 Å². The van der Waals surface area contributed by atoms with Gasteiger partial charge in [-0.2, -0.15) is 0 Å². The second-order valence-corrected chi connectivity index (χ2v) is 7.48. The van der Waals surface area contributed by atoms with Gasteiger partial charge in [0.2, 0.25) is 5.91 Å². The molecule has 2 N–H and O–H groups in total. The van der Waals surface area contributed by atoms with Crippen LogP contribution in [-0.2, 0) is 4.79 Å². The van der Waals surface area contributed by atoms with Crippen LogP contribution in [0.3, 0.4) is 0 Å². The van der Waals surface area contributed by atoms with Gasteiger partial charge >= 0.3 is 0 Å². The Morgan fingerprint density at radius 2 is 2.10 bits per heavy atom. The van der Waals surface area contributed by atoms with E-state index in [1.54, 1.807) is 0 Å². The Balaban J connectivity index is 2.36. The van der Waals surface area contributed by atoms with E-state index in [9.17, 15) is 4.79 Å². The molecule has 4 heteroatoms. The molecular weight excluding hydrogens is 250 g/mol. The van der Waals surface area contributed by atoms with Gasteiger partial charge in [-0.05, 0) is 64.3 Å². The minimum atomic E-state index is 0.112. The van der Waals surface area contributed by atoms with E-state index in [-0.39, 0.29) is 17.4 Å².